The third-order valence-corrected chi connectivity index (χ3v) is 2.43. The predicted octanol–water partition coefficient (Wildman–Crippen LogP) is 1.58. The molecule has 0 amide bonds. The van der Waals surface area contributed by atoms with Gasteiger partial charge in [0.15, 0.2) is 0 Å². The standard InChI is InChI=1S/C10H19N3/c1-9(11-3)5-4-8-13-10(2)6-7-12-13/h6-7,9,11H,4-5,8H2,1-3H3. The molecule has 0 saturated heterocycles. The summed E-state index contributed by atoms with van der Waals surface area (Å²) in [6.45, 7) is 5.33. The SMILES string of the molecule is CNC(C)CCCn1nccc1C. The van der Waals surface area contributed by atoms with E-state index in [1.807, 2.05) is 19.3 Å². The van der Waals surface area contributed by atoms with Crippen LogP contribution >= 0.6 is 0 Å². The number of aromatic nitrogens is 2. The van der Waals surface area contributed by atoms with E-state index in [9.17, 15) is 0 Å². The van der Waals surface area contributed by atoms with Crippen molar-refractivity contribution in [2.75, 3.05) is 7.05 Å². The smallest absolute Gasteiger partial charge is 0.0492 e. The van der Waals surface area contributed by atoms with E-state index in [-0.39, 0.29) is 0 Å². The lowest BCUT2D eigenvalue weighted by molar-refractivity contribution is 0.483. The molecule has 1 rings (SSSR count). The Balaban J connectivity index is 2.24. The van der Waals surface area contributed by atoms with Crippen LogP contribution in [0.1, 0.15) is 25.5 Å². The summed E-state index contributed by atoms with van der Waals surface area (Å²) in [4.78, 5) is 0. The Labute approximate surface area is 80.1 Å². The molecule has 0 spiro atoms. The summed E-state index contributed by atoms with van der Waals surface area (Å²) < 4.78 is 2.06. The van der Waals surface area contributed by atoms with E-state index in [2.05, 4.69) is 28.9 Å². The van der Waals surface area contributed by atoms with Crippen molar-refractivity contribution in [1.29, 1.82) is 0 Å². The molecule has 13 heavy (non-hydrogen) atoms. The number of nitrogens with one attached hydrogen (secondary N) is 1. The average molecular weight is 181 g/mol. The molecule has 0 saturated carbocycles. The third kappa shape index (κ3) is 3.19. The first-order chi connectivity index (χ1) is 6.24. The highest BCUT2D eigenvalue weighted by molar-refractivity contribution is 4.96. The van der Waals surface area contributed by atoms with Crippen LogP contribution in [-0.2, 0) is 6.54 Å². The van der Waals surface area contributed by atoms with Crippen LogP contribution in [0.2, 0.25) is 0 Å². The van der Waals surface area contributed by atoms with Crippen molar-refractivity contribution in [3.05, 3.63) is 18.0 Å². The maximum Gasteiger partial charge on any atom is 0.0492 e. The number of nitrogens with zero attached hydrogens (tertiary/aromatic N) is 2. The second-order valence-corrected chi connectivity index (χ2v) is 3.53. The maximum atomic E-state index is 4.23. The van der Waals surface area contributed by atoms with Gasteiger partial charge in [0.25, 0.3) is 0 Å². The first-order valence-electron chi connectivity index (χ1n) is 4.89. The molecular formula is C10H19N3. The molecule has 1 aromatic heterocycles. The Hall–Kier alpha value is -0.830. The quantitative estimate of drug-likeness (QED) is 0.747. The third-order valence-electron chi connectivity index (χ3n) is 2.43. The lowest BCUT2D eigenvalue weighted by atomic mass is 10.2. The van der Waals surface area contributed by atoms with Gasteiger partial charge < -0.3 is 5.32 Å². The van der Waals surface area contributed by atoms with Crippen LogP contribution in [-0.4, -0.2) is 22.9 Å². The number of rotatable bonds is 5. The van der Waals surface area contributed by atoms with Crippen molar-refractivity contribution < 1.29 is 0 Å². The van der Waals surface area contributed by atoms with Crippen molar-refractivity contribution in [3.63, 3.8) is 0 Å². The Morgan fingerprint density at radius 3 is 2.92 bits per heavy atom. The van der Waals surface area contributed by atoms with E-state index in [0.717, 1.165) is 6.54 Å². The van der Waals surface area contributed by atoms with Crippen LogP contribution in [0.25, 0.3) is 0 Å². The Morgan fingerprint density at radius 2 is 2.38 bits per heavy atom. The summed E-state index contributed by atoms with van der Waals surface area (Å²) >= 11 is 0. The predicted molar refractivity (Wildman–Crippen MR) is 54.7 cm³/mol. The number of hydrogen-bond donors (Lipinski definition) is 1. The molecule has 0 fully saturated rings. The fourth-order valence-corrected chi connectivity index (χ4v) is 1.32. The lowest BCUT2D eigenvalue weighted by Crippen LogP contribution is -2.21. The minimum absolute atomic E-state index is 0.607. The zero-order valence-corrected chi connectivity index (χ0v) is 8.75. The highest BCUT2D eigenvalue weighted by Crippen LogP contribution is 2.01. The molecular weight excluding hydrogens is 162 g/mol. The van der Waals surface area contributed by atoms with Gasteiger partial charge in [-0.1, -0.05) is 0 Å². The largest absolute Gasteiger partial charge is 0.317 e. The van der Waals surface area contributed by atoms with E-state index in [4.69, 9.17) is 0 Å². The molecule has 1 atom stereocenters. The van der Waals surface area contributed by atoms with Crippen LogP contribution in [0.3, 0.4) is 0 Å². The molecule has 0 aliphatic heterocycles. The molecule has 1 N–H and O–H groups in total. The highest BCUT2D eigenvalue weighted by Gasteiger charge is 1.99. The van der Waals surface area contributed by atoms with Gasteiger partial charge in [-0.2, -0.15) is 5.10 Å². The molecule has 3 nitrogen and oxygen atoms in total. The van der Waals surface area contributed by atoms with E-state index in [1.165, 1.54) is 18.5 Å². The molecule has 0 bridgehead atoms. The molecule has 0 aliphatic rings. The van der Waals surface area contributed by atoms with Crippen molar-refractivity contribution in [2.24, 2.45) is 0 Å². The molecule has 1 heterocycles. The zero-order chi connectivity index (χ0) is 9.68. The van der Waals surface area contributed by atoms with Crippen LogP contribution < -0.4 is 5.32 Å². The van der Waals surface area contributed by atoms with Gasteiger partial charge in [-0.15, -0.1) is 0 Å². The molecule has 1 aromatic rings. The molecule has 0 aliphatic carbocycles. The van der Waals surface area contributed by atoms with Crippen LogP contribution in [0.15, 0.2) is 12.3 Å². The number of aryl methyl sites for hydroxylation is 2. The van der Waals surface area contributed by atoms with E-state index >= 15 is 0 Å². The van der Waals surface area contributed by atoms with Gasteiger partial charge >= 0.3 is 0 Å². The molecule has 0 aromatic carbocycles. The first kappa shape index (κ1) is 10.3. The second-order valence-electron chi connectivity index (χ2n) is 3.53. The van der Waals surface area contributed by atoms with E-state index in [1.54, 1.807) is 0 Å². The van der Waals surface area contributed by atoms with Crippen molar-refractivity contribution in [1.82, 2.24) is 15.1 Å². The summed E-state index contributed by atoms with van der Waals surface area (Å²) in [6.07, 6.45) is 4.25. The van der Waals surface area contributed by atoms with Crippen LogP contribution in [0.5, 0.6) is 0 Å². The maximum absolute atomic E-state index is 4.23. The van der Waals surface area contributed by atoms with Crippen molar-refractivity contribution in [3.8, 4) is 0 Å². The summed E-state index contributed by atoms with van der Waals surface area (Å²) in [7, 11) is 2.00. The van der Waals surface area contributed by atoms with Crippen LogP contribution in [0.4, 0.5) is 0 Å². The second kappa shape index (κ2) is 5.02. The normalized spacial score (nSPS) is 13.2. The fraction of sp³-hybridized carbons (Fsp3) is 0.700. The van der Waals surface area contributed by atoms with Gasteiger partial charge in [-0.05, 0) is 39.8 Å². The summed E-state index contributed by atoms with van der Waals surface area (Å²) in [5.41, 5.74) is 1.25. The zero-order valence-electron chi connectivity index (χ0n) is 8.75. The van der Waals surface area contributed by atoms with Gasteiger partial charge in [0, 0.05) is 24.5 Å². The van der Waals surface area contributed by atoms with E-state index in [0.29, 0.717) is 6.04 Å². The minimum Gasteiger partial charge on any atom is -0.317 e. The van der Waals surface area contributed by atoms with Gasteiger partial charge in [0.2, 0.25) is 0 Å². The van der Waals surface area contributed by atoms with E-state index < -0.39 is 0 Å². The van der Waals surface area contributed by atoms with Gasteiger partial charge in [0.1, 0.15) is 0 Å². The lowest BCUT2D eigenvalue weighted by Gasteiger charge is -2.09. The Bertz CT molecular complexity index is 242. The minimum atomic E-state index is 0.607. The molecule has 1 unspecified atom stereocenters. The number of hydrogen-bond acceptors (Lipinski definition) is 2. The summed E-state index contributed by atoms with van der Waals surface area (Å²) in [5, 5.41) is 7.46. The molecule has 3 heteroatoms. The molecule has 0 radical (unpaired) electrons. The van der Waals surface area contributed by atoms with Crippen molar-refractivity contribution >= 4 is 0 Å². The highest BCUT2D eigenvalue weighted by atomic mass is 15.3. The first-order valence-corrected chi connectivity index (χ1v) is 4.89. The Kier molecular flexibility index (Phi) is 3.96. The van der Waals surface area contributed by atoms with Gasteiger partial charge in [-0.25, -0.2) is 0 Å². The topological polar surface area (TPSA) is 29.9 Å². The van der Waals surface area contributed by atoms with Crippen molar-refractivity contribution in [2.45, 2.75) is 39.3 Å². The average Bonchev–Trinajstić information content (AvgIpc) is 2.52. The van der Waals surface area contributed by atoms with Gasteiger partial charge in [-0.3, -0.25) is 4.68 Å². The molecule has 74 valence electrons. The summed E-state index contributed by atoms with van der Waals surface area (Å²) in [5.74, 6) is 0. The van der Waals surface area contributed by atoms with Gasteiger partial charge in [0.05, 0.1) is 0 Å². The summed E-state index contributed by atoms with van der Waals surface area (Å²) in [6, 6.07) is 2.65. The fourth-order valence-electron chi connectivity index (χ4n) is 1.32. The monoisotopic (exact) mass is 181 g/mol. The Morgan fingerprint density at radius 1 is 1.62 bits per heavy atom. The van der Waals surface area contributed by atoms with Crippen LogP contribution in [0, 0.1) is 6.92 Å².